The van der Waals surface area contributed by atoms with Crippen molar-refractivity contribution in [2.75, 3.05) is 5.32 Å². The molecule has 1 saturated heterocycles. The molecule has 1 aliphatic heterocycles. The molecule has 0 radical (unpaired) electrons. The van der Waals surface area contributed by atoms with Crippen molar-refractivity contribution in [1.29, 1.82) is 0 Å². The van der Waals surface area contributed by atoms with Crippen LogP contribution in [0.2, 0.25) is 0 Å². The number of hydrogen-bond donors (Lipinski definition) is 2. The molecule has 0 aromatic heterocycles. The zero-order valence-electron chi connectivity index (χ0n) is 12.2. The van der Waals surface area contributed by atoms with Crippen LogP contribution in [-0.2, 0) is 4.79 Å². The van der Waals surface area contributed by atoms with E-state index in [2.05, 4.69) is 39.3 Å². The first-order valence-corrected chi connectivity index (χ1v) is 8.54. The van der Waals surface area contributed by atoms with Crippen molar-refractivity contribution in [2.45, 2.75) is 51.1 Å². The number of hydrogen-bond acceptors (Lipinski definition) is 2. The summed E-state index contributed by atoms with van der Waals surface area (Å²) < 4.78 is 1.20. The van der Waals surface area contributed by atoms with Gasteiger partial charge >= 0.3 is 0 Å². The molecule has 3 unspecified atom stereocenters. The highest BCUT2D eigenvalue weighted by Crippen LogP contribution is 2.33. The van der Waals surface area contributed by atoms with Crippen LogP contribution in [0, 0.1) is 16.4 Å². The quantitative estimate of drug-likeness (QED) is 0.713. The van der Waals surface area contributed by atoms with Crippen LogP contribution in [0.3, 0.4) is 0 Å². The minimum atomic E-state index is -0.0122. The highest BCUT2D eigenvalue weighted by atomic mass is 127. The number of rotatable bonds is 2. The fourth-order valence-corrected chi connectivity index (χ4v) is 4.16. The molecule has 1 aromatic carbocycles. The average molecular weight is 421 g/mol. The molecular weight excluding hydrogens is 399 g/mol. The number of amides is 1. The van der Waals surface area contributed by atoms with E-state index in [1.807, 2.05) is 19.1 Å². The van der Waals surface area contributed by atoms with E-state index in [9.17, 15) is 4.79 Å². The Labute approximate surface area is 146 Å². The second kappa shape index (κ2) is 7.29. The maximum Gasteiger partial charge on any atom is 0.241 e. The lowest BCUT2D eigenvalue weighted by Gasteiger charge is -2.24. The van der Waals surface area contributed by atoms with Crippen molar-refractivity contribution in [3.05, 3.63) is 27.3 Å². The van der Waals surface area contributed by atoms with Gasteiger partial charge in [0.1, 0.15) is 0 Å². The molecule has 3 atom stereocenters. The number of nitrogens with one attached hydrogen (secondary N) is 2. The van der Waals surface area contributed by atoms with Gasteiger partial charge in [-0.25, -0.2) is 0 Å². The number of fused-ring (bicyclic) bond motifs is 1. The van der Waals surface area contributed by atoms with Crippen LogP contribution in [0.4, 0.5) is 5.69 Å². The summed E-state index contributed by atoms with van der Waals surface area (Å²) in [5.41, 5.74) is 2.06. The van der Waals surface area contributed by atoms with Crippen molar-refractivity contribution in [3.63, 3.8) is 0 Å². The van der Waals surface area contributed by atoms with Gasteiger partial charge in [-0.3, -0.25) is 4.79 Å². The zero-order chi connectivity index (χ0) is 14.1. The fraction of sp³-hybridized carbons (Fsp3) is 0.562. The average Bonchev–Trinajstić information content (AvgIpc) is 2.86. The highest BCUT2D eigenvalue weighted by molar-refractivity contribution is 14.1. The Kier molecular flexibility index (Phi) is 5.91. The number of anilines is 1. The van der Waals surface area contributed by atoms with Crippen LogP contribution in [0.15, 0.2) is 18.2 Å². The van der Waals surface area contributed by atoms with E-state index in [1.165, 1.54) is 29.3 Å². The lowest BCUT2D eigenvalue weighted by Crippen LogP contribution is -2.40. The van der Waals surface area contributed by atoms with Gasteiger partial charge in [0.2, 0.25) is 5.91 Å². The first kappa shape index (κ1) is 17.0. The minimum absolute atomic E-state index is 0. The largest absolute Gasteiger partial charge is 0.324 e. The van der Waals surface area contributed by atoms with Gasteiger partial charge in [0, 0.05) is 15.3 Å². The number of halogens is 2. The molecule has 2 N–H and O–H groups in total. The molecule has 3 rings (SSSR count). The zero-order valence-corrected chi connectivity index (χ0v) is 15.2. The summed E-state index contributed by atoms with van der Waals surface area (Å²) in [6.45, 7) is 2.04. The van der Waals surface area contributed by atoms with Gasteiger partial charge in [0.15, 0.2) is 0 Å². The SMILES string of the molecule is Cc1cc(I)ccc1NC(=O)C1CC2CCCCC2N1.Cl. The molecular formula is C16H22ClIN2O. The van der Waals surface area contributed by atoms with Crippen LogP contribution >= 0.6 is 35.0 Å². The van der Waals surface area contributed by atoms with E-state index in [4.69, 9.17) is 0 Å². The molecule has 0 spiro atoms. The maximum atomic E-state index is 12.4. The van der Waals surface area contributed by atoms with Gasteiger partial charge in [0.25, 0.3) is 0 Å². The van der Waals surface area contributed by atoms with Crippen LogP contribution < -0.4 is 10.6 Å². The Balaban J connectivity index is 0.00000161. The highest BCUT2D eigenvalue weighted by Gasteiger charge is 2.38. The molecule has 1 aromatic rings. The Morgan fingerprint density at radius 1 is 1.33 bits per heavy atom. The predicted octanol–water partition coefficient (Wildman–Crippen LogP) is 3.88. The maximum absolute atomic E-state index is 12.4. The molecule has 21 heavy (non-hydrogen) atoms. The number of benzene rings is 1. The first-order chi connectivity index (χ1) is 9.63. The molecule has 5 heteroatoms. The molecule has 116 valence electrons. The summed E-state index contributed by atoms with van der Waals surface area (Å²) in [7, 11) is 0. The number of carbonyl (C=O) groups is 1. The van der Waals surface area contributed by atoms with Gasteiger partial charge < -0.3 is 10.6 Å². The van der Waals surface area contributed by atoms with Crippen LogP contribution in [0.1, 0.15) is 37.7 Å². The lowest BCUT2D eigenvalue weighted by molar-refractivity contribution is -0.117. The molecule has 1 saturated carbocycles. The van der Waals surface area contributed by atoms with Gasteiger partial charge in [-0.15, -0.1) is 12.4 Å². The monoisotopic (exact) mass is 420 g/mol. The van der Waals surface area contributed by atoms with Crippen molar-refractivity contribution in [2.24, 2.45) is 5.92 Å². The third-order valence-corrected chi connectivity index (χ3v) is 5.30. The summed E-state index contributed by atoms with van der Waals surface area (Å²) in [6, 6.07) is 6.68. The topological polar surface area (TPSA) is 41.1 Å². The number of carbonyl (C=O) groups excluding carboxylic acids is 1. The van der Waals surface area contributed by atoms with Crippen molar-refractivity contribution < 1.29 is 4.79 Å². The number of aryl methyl sites for hydroxylation is 1. The molecule has 2 aliphatic rings. The van der Waals surface area contributed by atoms with Crippen LogP contribution in [0.5, 0.6) is 0 Å². The molecule has 1 heterocycles. The molecule has 2 fully saturated rings. The van der Waals surface area contributed by atoms with Gasteiger partial charge in [-0.1, -0.05) is 12.8 Å². The Morgan fingerprint density at radius 2 is 2.10 bits per heavy atom. The molecule has 3 nitrogen and oxygen atoms in total. The second-order valence-corrected chi connectivity index (χ2v) is 7.30. The lowest BCUT2D eigenvalue weighted by atomic mass is 9.85. The van der Waals surface area contributed by atoms with E-state index in [-0.39, 0.29) is 24.4 Å². The second-order valence-electron chi connectivity index (χ2n) is 6.05. The summed E-state index contributed by atoms with van der Waals surface area (Å²) >= 11 is 2.29. The fourth-order valence-electron chi connectivity index (χ4n) is 3.51. The molecule has 1 aliphatic carbocycles. The Hall–Kier alpha value is -0.330. The third kappa shape index (κ3) is 3.90. The van der Waals surface area contributed by atoms with E-state index >= 15 is 0 Å². The van der Waals surface area contributed by atoms with E-state index in [0.717, 1.165) is 17.7 Å². The first-order valence-electron chi connectivity index (χ1n) is 7.46. The van der Waals surface area contributed by atoms with Crippen molar-refractivity contribution >= 4 is 46.6 Å². The van der Waals surface area contributed by atoms with E-state index in [1.54, 1.807) is 0 Å². The van der Waals surface area contributed by atoms with Crippen molar-refractivity contribution in [1.82, 2.24) is 5.32 Å². The summed E-state index contributed by atoms with van der Waals surface area (Å²) in [5, 5.41) is 6.61. The Bertz CT molecular complexity index is 509. The molecule has 1 amide bonds. The predicted molar refractivity (Wildman–Crippen MR) is 97.1 cm³/mol. The van der Waals surface area contributed by atoms with Gasteiger partial charge in [-0.2, -0.15) is 0 Å². The smallest absolute Gasteiger partial charge is 0.241 e. The van der Waals surface area contributed by atoms with Gasteiger partial charge in [-0.05, 0) is 78.5 Å². The molecule has 0 bridgehead atoms. The summed E-state index contributed by atoms with van der Waals surface area (Å²) in [5.74, 6) is 0.834. The normalized spacial score (nSPS) is 27.6. The summed E-state index contributed by atoms with van der Waals surface area (Å²) in [4.78, 5) is 12.4. The summed E-state index contributed by atoms with van der Waals surface area (Å²) in [6.07, 6.45) is 6.15. The van der Waals surface area contributed by atoms with E-state index < -0.39 is 0 Å². The van der Waals surface area contributed by atoms with Crippen molar-refractivity contribution in [3.8, 4) is 0 Å². The minimum Gasteiger partial charge on any atom is -0.324 e. The van der Waals surface area contributed by atoms with E-state index in [0.29, 0.717) is 12.0 Å². The standard InChI is InChI=1S/C16H21IN2O.ClH/c1-10-8-12(17)6-7-13(10)19-16(20)15-9-11-4-2-3-5-14(11)18-15;/h6-8,11,14-15,18H,2-5,9H2,1H3,(H,19,20);1H. The van der Waals surface area contributed by atoms with Crippen LogP contribution in [-0.4, -0.2) is 18.0 Å². The third-order valence-electron chi connectivity index (χ3n) is 4.63. The van der Waals surface area contributed by atoms with Crippen LogP contribution in [0.25, 0.3) is 0 Å². The Morgan fingerprint density at radius 3 is 2.81 bits per heavy atom. The van der Waals surface area contributed by atoms with Gasteiger partial charge in [0.05, 0.1) is 6.04 Å².